The molecule has 0 saturated carbocycles. The first kappa shape index (κ1) is 14.5. The van der Waals surface area contributed by atoms with Crippen LogP contribution in [0.4, 0.5) is 0 Å². The summed E-state index contributed by atoms with van der Waals surface area (Å²) in [5.74, 6) is -0.737. The second-order valence-electron chi connectivity index (χ2n) is 5.34. The third-order valence-electron chi connectivity index (χ3n) is 3.98. The molecule has 1 aliphatic rings. The van der Waals surface area contributed by atoms with E-state index >= 15 is 0 Å². The lowest BCUT2D eigenvalue weighted by atomic mass is 9.88. The molecule has 1 fully saturated rings. The smallest absolute Gasteiger partial charge is 0.326 e. The van der Waals surface area contributed by atoms with E-state index in [0.29, 0.717) is 24.4 Å². The zero-order valence-electron chi connectivity index (χ0n) is 11.9. The number of carboxylic acids is 1. The molecule has 5 heteroatoms. The Morgan fingerprint density at radius 1 is 1.50 bits per heavy atom. The van der Waals surface area contributed by atoms with Gasteiger partial charge in [-0.2, -0.15) is 0 Å². The van der Waals surface area contributed by atoms with Crippen LogP contribution in [-0.4, -0.2) is 39.5 Å². The first-order valence-corrected chi connectivity index (χ1v) is 6.99. The van der Waals surface area contributed by atoms with Gasteiger partial charge >= 0.3 is 5.97 Å². The molecule has 2 rings (SSSR count). The van der Waals surface area contributed by atoms with Crippen molar-refractivity contribution >= 4 is 11.9 Å². The lowest BCUT2D eigenvalue weighted by Gasteiger charge is -2.37. The van der Waals surface area contributed by atoms with Gasteiger partial charge < -0.3 is 10.0 Å². The molecule has 0 aromatic carbocycles. The number of hydrogen-bond donors (Lipinski definition) is 1. The van der Waals surface area contributed by atoms with Crippen LogP contribution in [0.15, 0.2) is 18.3 Å². The predicted octanol–water partition coefficient (Wildman–Crippen LogP) is 2.11. The van der Waals surface area contributed by atoms with Crippen molar-refractivity contribution in [3.8, 4) is 0 Å². The molecule has 1 amide bonds. The second-order valence-corrected chi connectivity index (χ2v) is 5.34. The average Bonchev–Trinajstić information content (AvgIpc) is 2.45. The normalized spacial score (nSPS) is 22.6. The third-order valence-corrected chi connectivity index (χ3v) is 3.98. The number of aromatic nitrogens is 1. The first-order chi connectivity index (χ1) is 9.52. The Kier molecular flexibility index (Phi) is 4.37. The van der Waals surface area contributed by atoms with Gasteiger partial charge in [-0.1, -0.05) is 13.3 Å². The summed E-state index contributed by atoms with van der Waals surface area (Å²) in [4.78, 5) is 29.5. The highest BCUT2D eigenvalue weighted by Gasteiger charge is 2.35. The number of carbonyl (C=O) groups is 2. The van der Waals surface area contributed by atoms with E-state index in [1.165, 1.54) is 4.90 Å². The standard InChI is InChI=1S/C15H20N2O3/c1-3-11-5-7-17(13(9-11)15(19)20)14(18)12-4-6-16-10(2)8-12/h4,6,8,11,13H,3,5,7,9H2,1-2H3,(H,19,20). The summed E-state index contributed by atoms with van der Waals surface area (Å²) in [6, 6.07) is 2.63. The molecule has 1 aliphatic heterocycles. The van der Waals surface area contributed by atoms with E-state index < -0.39 is 12.0 Å². The number of likely N-dealkylation sites (tertiary alicyclic amines) is 1. The number of amides is 1. The van der Waals surface area contributed by atoms with Gasteiger partial charge in [0.1, 0.15) is 6.04 Å². The summed E-state index contributed by atoms with van der Waals surface area (Å²) in [7, 11) is 0. The predicted molar refractivity (Wildman–Crippen MR) is 74.4 cm³/mol. The number of aryl methyl sites for hydroxylation is 1. The van der Waals surface area contributed by atoms with Crippen molar-refractivity contribution in [2.75, 3.05) is 6.54 Å². The Labute approximate surface area is 118 Å². The number of carboxylic acid groups (broad SMARTS) is 1. The Morgan fingerprint density at radius 3 is 2.85 bits per heavy atom. The number of carbonyl (C=O) groups excluding carboxylic acids is 1. The van der Waals surface area contributed by atoms with Gasteiger partial charge in [-0.15, -0.1) is 0 Å². The maximum absolute atomic E-state index is 12.5. The molecule has 2 atom stereocenters. The van der Waals surface area contributed by atoms with Gasteiger partial charge in [0.2, 0.25) is 0 Å². The molecule has 108 valence electrons. The van der Waals surface area contributed by atoms with Crippen molar-refractivity contribution in [3.05, 3.63) is 29.6 Å². The quantitative estimate of drug-likeness (QED) is 0.917. The monoisotopic (exact) mass is 276 g/mol. The van der Waals surface area contributed by atoms with Crippen LogP contribution in [0.2, 0.25) is 0 Å². The van der Waals surface area contributed by atoms with Crippen molar-refractivity contribution < 1.29 is 14.7 Å². The van der Waals surface area contributed by atoms with E-state index in [0.717, 1.165) is 18.5 Å². The Hall–Kier alpha value is -1.91. The van der Waals surface area contributed by atoms with Crippen LogP contribution in [0, 0.1) is 12.8 Å². The lowest BCUT2D eigenvalue weighted by Crippen LogP contribution is -2.50. The number of hydrogen-bond acceptors (Lipinski definition) is 3. The zero-order valence-corrected chi connectivity index (χ0v) is 11.9. The van der Waals surface area contributed by atoms with Crippen LogP contribution in [0.1, 0.15) is 42.2 Å². The fraction of sp³-hybridized carbons (Fsp3) is 0.533. The largest absolute Gasteiger partial charge is 0.480 e. The summed E-state index contributed by atoms with van der Waals surface area (Å²) in [6.07, 6.45) is 3.95. The van der Waals surface area contributed by atoms with Crippen LogP contribution in [0.3, 0.4) is 0 Å². The number of nitrogens with zero attached hydrogens (tertiary/aromatic N) is 2. The topological polar surface area (TPSA) is 70.5 Å². The van der Waals surface area contributed by atoms with Crippen molar-refractivity contribution in [1.82, 2.24) is 9.88 Å². The molecule has 0 radical (unpaired) electrons. The summed E-state index contributed by atoms with van der Waals surface area (Å²) in [5, 5.41) is 9.37. The van der Waals surface area contributed by atoms with Crippen LogP contribution in [0.25, 0.3) is 0 Å². The molecule has 20 heavy (non-hydrogen) atoms. The minimum Gasteiger partial charge on any atom is -0.480 e. The highest BCUT2D eigenvalue weighted by atomic mass is 16.4. The fourth-order valence-electron chi connectivity index (χ4n) is 2.73. The van der Waals surface area contributed by atoms with Crippen LogP contribution >= 0.6 is 0 Å². The zero-order chi connectivity index (χ0) is 14.7. The number of piperidine rings is 1. The fourth-order valence-corrected chi connectivity index (χ4v) is 2.73. The molecule has 0 bridgehead atoms. The number of pyridine rings is 1. The van der Waals surface area contributed by atoms with Gasteiger partial charge in [-0.05, 0) is 37.8 Å². The Morgan fingerprint density at radius 2 is 2.25 bits per heavy atom. The van der Waals surface area contributed by atoms with Crippen molar-refractivity contribution in [2.24, 2.45) is 5.92 Å². The molecule has 1 aromatic rings. The molecule has 0 aliphatic carbocycles. The van der Waals surface area contributed by atoms with Gasteiger partial charge in [0.15, 0.2) is 0 Å². The van der Waals surface area contributed by atoms with Gasteiger partial charge in [0.25, 0.3) is 5.91 Å². The highest BCUT2D eigenvalue weighted by Crippen LogP contribution is 2.27. The van der Waals surface area contributed by atoms with Crippen molar-refractivity contribution in [1.29, 1.82) is 0 Å². The first-order valence-electron chi connectivity index (χ1n) is 6.99. The average molecular weight is 276 g/mol. The van der Waals surface area contributed by atoms with E-state index in [1.807, 2.05) is 6.92 Å². The highest BCUT2D eigenvalue weighted by molar-refractivity contribution is 5.96. The van der Waals surface area contributed by atoms with E-state index in [-0.39, 0.29) is 5.91 Å². The van der Waals surface area contributed by atoms with E-state index in [2.05, 4.69) is 11.9 Å². The minimum absolute atomic E-state index is 0.211. The van der Waals surface area contributed by atoms with Crippen LogP contribution < -0.4 is 0 Å². The molecule has 1 N–H and O–H groups in total. The molecule has 1 aromatic heterocycles. The van der Waals surface area contributed by atoms with Crippen molar-refractivity contribution in [3.63, 3.8) is 0 Å². The van der Waals surface area contributed by atoms with Gasteiger partial charge in [-0.25, -0.2) is 4.79 Å². The van der Waals surface area contributed by atoms with Crippen LogP contribution in [-0.2, 0) is 4.79 Å². The summed E-state index contributed by atoms with van der Waals surface area (Å²) in [6.45, 7) is 4.39. The van der Waals surface area contributed by atoms with Crippen LogP contribution in [0.5, 0.6) is 0 Å². The maximum Gasteiger partial charge on any atom is 0.326 e. The Balaban J connectivity index is 2.21. The lowest BCUT2D eigenvalue weighted by molar-refractivity contribution is -0.144. The van der Waals surface area contributed by atoms with E-state index in [4.69, 9.17) is 0 Å². The molecule has 5 nitrogen and oxygen atoms in total. The van der Waals surface area contributed by atoms with Gasteiger partial charge in [0, 0.05) is 24.0 Å². The molecular formula is C15H20N2O3. The SMILES string of the molecule is CCC1CCN(C(=O)c2ccnc(C)c2)C(C(=O)O)C1. The van der Waals surface area contributed by atoms with Crippen molar-refractivity contribution in [2.45, 2.75) is 39.2 Å². The second kappa shape index (κ2) is 6.03. The van der Waals surface area contributed by atoms with E-state index in [9.17, 15) is 14.7 Å². The Bertz CT molecular complexity index is 516. The molecule has 0 spiro atoms. The minimum atomic E-state index is -0.915. The van der Waals surface area contributed by atoms with Gasteiger partial charge in [-0.3, -0.25) is 9.78 Å². The van der Waals surface area contributed by atoms with E-state index in [1.54, 1.807) is 18.3 Å². The van der Waals surface area contributed by atoms with Gasteiger partial charge in [0.05, 0.1) is 0 Å². The molecular weight excluding hydrogens is 256 g/mol. The number of aliphatic carboxylic acids is 1. The maximum atomic E-state index is 12.5. The number of rotatable bonds is 3. The molecule has 2 unspecified atom stereocenters. The summed E-state index contributed by atoms with van der Waals surface area (Å²) < 4.78 is 0. The molecule has 2 heterocycles. The molecule has 1 saturated heterocycles. The third kappa shape index (κ3) is 2.98. The summed E-state index contributed by atoms with van der Waals surface area (Å²) >= 11 is 0. The summed E-state index contributed by atoms with van der Waals surface area (Å²) in [5.41, 5.74) is 1.27.